The highest BCUT2D eigenvalue weighted by atomic mass is 35.5. The van der Waals surface area contributed by atoms with E-state index in [4.69, 9.17) is 34.8 Å². The molecule has 1 N–H and O–H groups in total. The molecule has 0 saturated heterocycles. The molecular formula is C24H22Cl3F3N2OS. The van der Waals surface area contributed by atoms with E-state index in [-0.39, 0.29) is 44.9 Å². The molecule has 2 aromatic carbocycles. The molecule has 4 rings (SSSR count). The zero-order chi connectivity index (χ0) is 24.8. The van der Waals surface area contributed by atoms with E-state index < -0.39 is 10.9 Å². The van der Waals surface area contributed by atoms with Gasteiger partial charge in [0.2, 0.25) is 5.91 Å². The minimum atomic E-state index is -4.61. The lowest BCUT2D eigenvalue weighted by Gasteiger charge is -2.30. The Morgan fingerprint density at radius 3 is 2.53 bits per heavy atom. The van der Waals surface area contributed by atoms with Crippen molar-refractivity contribution >= 4 is 58.4 Å². The molecule has 0 saturated carbocycles. The molecule has 3 nitrogen and oxygen atoms in total. The first kappa shape index (κ1) is 25.7. The molecule has 1 amide bonds. The standard InChI is InChI=1S/C24H22Cl3F3N2OS/c1-3-12(2)22(33)31-19-7-5-13-8-14(4-6-16(13)19)20-11-23(34-32-20,24(28,29)30)15-9-17(25)21(27)18(26)10-15/h4,6,8-10,12,19H,3,5,7,11H2,1-2H3,(H,31,33). The largest absolute Gasteiger partial charge is 0.409 e. The summed E-state index contributed by atoms with van der Waals surface area (Å²) in [6, 6.07) is 7.89. The van der Waals surface area contributed by atoms with Crippen LogP contribution in [0.2, 0.25) is 15.1 Å². The van der Waals surface area contributed by atoms with Gasteiger partial charge in [0.15, 0.2) is 4.75 Å². The van der Waals surface area contributed by atoms with Gasteiger partial charge in [-0.3, -0.25) is 4.79 Å². The van der Waals surface area contributed by atoms with Crippen molar-refractivity contribution in [3.63, 3.8) is 0 Å². The van der Waals surface area contributed by atoms with Crippen molar-refractivity contribution in [1.29, 1.82) is 0 Å². The number of alkyl halides is 3. The van der Waals surface area contributed by atoms with Crippen molar-refractivity contribution in [3.05, 3.63) is 67.7 Å². The smallest absolute Gasteiger partial charge is 0.349 e. The van der Waals surface area contributed by atoms with E-state index in [0.29, 0.717) is 23.2 Å². The van der Waals surface area contributed by atoms with E-state index in [1.807, 2.05) is 26.0 Å². The predicted octanol–water partition coefficient (Wildman–Crippen LogP) is 8.10. The number of hydrogen-bond donors (Lipinski definition) is 1. The summed E-state index contributed by atoms with van der Waals surface area (Å²) in [6.07, 6.45) is -2.71. The number of carbonyl (C=O) groups excluding carboxylic acids is 1. The second-order valence-electron chi connectivity index (χ2n) is 8.71. The van der Waals surface area contributed by atoms with Gasteiger partial charge in [-0.05, 0) is 71.7 Å². The van der Waals surface area contributed by atoms with Crippen molar-refractivity contribution in [1.82, 2.24) is 5.32 Å². The van der Waals surface area contributed by atoms with Crippen LogP contribution in [0, 0.1) is 5.92 Å². The van der Waals surface area contributed by atoms with Gasteiger partial charge in [-0.15, -0.1) is 0 Å². The van der Waals surface area contributed by atoms with Crippen molar-refractivity contribution in [2.45, 2.75) is 56.5 Å². The molecule has 34 heavy (non-hydrogen) atoms. The number of hydrogen-bond acceptors (Lipinski definition) is 3. The number of nitrogens with one attached hydrogen (secondary N) is 1. The van der Waals surface area contributed by atoms with Crippen LogP contribution in [0.5, 0.6) is 0 Å². The van der Waals surface area contributed by atoms with E-state index >= 15 is 0 Å². The number of rotatable bonds is 5. The molecular weight excluding hydrogens is 528 g/mol. The second-order valence-corrected chi connectivity index (χ2v) is 11.0. The van der Waals surface area contributed by atoms with Gasteiger partial charge in [0.25, 0.3) is 0 Å². The topological polar surface area (TPSA) is 41.5 Å². The summed E-state index contributed by atoms with van der Waals surface area (Å²) in [6.45, 7) is 3.85. The van der Waals surface area contributed by atoms with E-state index in [0.717, 1.165) is 30.4 Å². The molecule has 0 aromatic heterocycles. The molecule has 1 aliphatic carbocycles. The Morgan fingerprint density at radius 1 is 1.24 bits per heavy atom. The molecule has 2 aromatic rings. The van der Waals surface area contributed by atoms with Crippen LogP contribution in [0.15, 0.2) is 34.7 Å². The molecule has 182 valence electrons. The lowest BCUT2D eigenvalue weighted by atomic mass is 9.89. The zero-order valence-electron chi connectivity index (χ0n) is 18.4. The average Bonchev–Trinajstić information content (AvgIpc) is 3.41. The third-order valence-corrected chi connectivity index (χ3v) is 9.00. The molecule has 0 radical (unpaired) electrons. The number of aryl methyl sites for hydroxylation is 1. The summed E-state index contributed by atoms with van der Waals surface area (Å²) >= 11 is 18.5. The number of amides is 1. The van der Waals surface area contributed by atoms with Gasteiger partial charge < -0.3 is 5.32 Å². The lowest BCUT2D eigenvalue weighted by Crippen LogP contribution is -2.38. The summed E-state index contributed by atoms with van der Waals surface area (Å²) in [5.74, 6) is -0.0604. The Morgan fingerprint density at radius 2 is 1.91 bits per heavy atom. The first-order chi connectivity index (χ1) is 16.0. The fourth-order valence-electron chi connectivity index (χ4n) is 4.29. The number of halogens is 6. The minimum Gasteiger partial charge on any atom is -0.349 e. The van der Waals surface area contributed by atoms with Gasteiger partial charge in [-0.1, -0.05) is 60.8 Å². The monoisotopic (exact) mass is 548 g/mol. The Kier molecular flexibility index (Phi) is 7.22. The Labute approximate surface area is 215 Å². The van der Waals surface area contributed by atoms with Gasteiger partial charge in [-0.25, -0.2) is 4.40 Å². The minimum absolute atomic E-state index is 0.0104. The molecule has 0 bridgehead atoms. The van der Waals surface area contributed by atoms with Gasteiger partial charge >= 0.3 is 6.18 Å². The molecule has 3 unspecified atom stereocenters. The second kappa shape index (κ2) is 9.57. The Hall–Kier alpha value is -1.41. The molecule has 0 spiro atoms. The first-order valence-electron chi connectivity index (χ1n) is 10.9. The normalized spacial score (nSPS) is 22.9. The SMILES string of the molecule is CCC(C)C(=O)NC1CCc2cc(C3=NSC(c4cc(Cl)c(Cl)c(Cl)c4)(C(F)(F)F)C3)ccc21. The lowest BCUT2D eigenvalue weighted by molar-refractivity contribution is -0.159. The maximum atomic E-state index is 14.4. The van der Waals surface area contributed by atoms with Gasteiger partial charge in [0.05, 0.1) is 26.8 Å². The van der Waals surface area contributed by atoms with Crippen molar-refractivity contribution in [2.75, 3.05) is 0 Å². The zero-order valence-corrected chi connectivity index (χ0v) is 21.5. The highest BCUT2D eigenvalue weighted by Gasteiger charge is 2.60. The predicted molar refractivity (Wildman–Crippen MR) is 133 cm³/mol. The summed E-state index contributed by atoms with van der Waals surface area (Å²) in [4.78, 5) is 12.3. The van der Waals surface area contributed by atoms with E-state index in [1.165, 1.54) is 12.1 Å². The van der Waals surface area contributed by atoms with Crippen molar-refractivity contribution in [3.8, 4) is 0 Å². The highest BCUT2D eigenvalue weighted by Crippen LogP contribution is 2.57. The summed E-state index contributed by atoms with van der Waals surface area (Å²) in [7, 11) is 0. The summed E-state index contributed by atoms with van der Waals surface area (Å²) in [5, 5.41) is 3.03. The number of carbonyl (C=O) groups is 1. The maximum Gasteiger partial charge on any atom is 0.409 e. The number of nitrogens with zero attached hydrogens (tertiary/aromatic N) is 1. The van der Waals surface area contributed by atoms with Crippen LogP contribution in [0.3, 0.4) is 0 Å². The molecule has 10 heteroatoms. The van der Waals surface area contributed by atoms with E-state index in [2.05, 4.69) is 9.71 Å². The number of benzene rings is 2. The quantitative estimate of drug-likeness (QED) is 0.302. The maximum absolute atomic E-state index is 14.4. The molecule has 2 aliphatic rings. The fourth-order valence-corrected chi connectivity index (χ4v) is 5.85. The summed E-state index contributed by atoms with van der Waals surface area (Å²) < 4.78 is 45.1. The third-order valence-electron chi connectivity index (χ3n) is 6.57. The Balaban J connectivity index is 1.61. The Bertz CT molecular complexity index is 1150. The first-order valence-corrected chi connectivity index (χ1v) is 12.8. The van der Waals surface area contributed by atoms with E-state index in [1.54, 1.807) is 6.07 Å². The van der Waals surface area contributed by atoms with Gasteiger partial charge in [0, 0.05) is 12.3 Å². The highest BCUT2D eigenvalue weighted by molar-refractivity contribution is 7.99. The van der Waals surface area contributed by atoms with Crippen LogP contribution >= 0.6 is 46.8 Å². The van der Waals surface area contributed by atoms with Crippen LogP contribution in [0.1, 0.15) is 61.4 Å². The van der Waals surface area contributed by atoms with Crippen LogP contribution < -0.4 is 5.32 Å². The molecule has 3 atom stereocenters. The van der Waals surface area contributed by atoms with Crippen LogP contribution in [0.4, 0.5) is 13.2 Å². The molecule has 1 aliphatic heterocycles. The van der Waals surface area contributed by atoms with Crippen LogP contribution in [-0.4, -0.2) is 17.8 Å². The van der Waals surface area contributed by atoms with Gasteiger partial charge in [0.1, 0.15) is 0 Å². The molecule has 1 heterocycles. The molecule has 0 fully saturated rings. The van der Waals surface area contributed by atoms with Crippen LogP contribution in [-0.2, 0) is 16.0 Å². The number of fused-ring (bicyclic) bond motifs is 1. The van der Waals surface area contributed by atoms with Crippen LogP contribution in [0.25, 0.3) is 0 Å². The van der Waals surface area contributed by atoms with Gasteiger partial charge in [-0.2, -0.15) is 13.2 Å². The average molecular weight is 550 g/mol. The third kappa shape index (κ3) is 4.57. The fraction of sp³-hybridized carbons (Fsp3) is 0.417. The van der Waals surface area contributed by atoms with Crippen molar-refractivity contribution < 1.29 is 18.0 Å². The summed E-state index contributed by atoms with van der Waals surface area (Å²) in [5.41, 5.74) is 2.92. The van der Waals surface area contributed by atoms with E-state index in [9.17, 15) is 18.0 Å². The van der Waals surface area contributed by atoms with Crippen molar-refractivity contribution in [2.24, 2.45) is 10.3 Å².